The Bertz CT molecular complexity index is 479. The van der Waals surface area contributed by atoms with Crippen LogP contribution in [-0.2, 0) is 33.3 Å². The minimum atomic E-state index is -0.589. The highest BCUT2D eigenvalue weighted by Gasteiger charge is 2.47. The van der Waals surface area contributed by atoms with Gasteiger partial charge in [0.05, 0.1) is 49.4 Å². The minimum absolute atomic E-state index is 0.171. The summed E-state index contributed by atoms with van der Waals surface area (Å²) in [4.78, 5) is 22.8. The van der Waals surface area contributed by atoms with Gasteiger partial charge in [-0.25, -0.2) is 0 Å². The van der Waals surface area contributed by atoms with Gasteiger partial charge in [0.15, 0.2) is 0 Å². The molecule has 0 aromatic carbocycles. The summed E-state index contributed by atoms with van der Waals surface area (Å²) in [7, 11) is 0. The summed E-state index contributed by atoms with van der Waals surface area (Å²) < 4.78 is 26.7. The van der Waals surface area contributed by atoms with Gasteiger partial charge in [0.2, 0.25) is 12.6 Å². The first-order valence-electron chi connectivity index (χ1n) is 6.89. The Morgan fingerprint density at radius 2 is 1.33 bits per heavy atom. The van der Waals surface area contributed by atoms with Crippen LogP contribution in [-0.4, -0.2) is 36.7 Å². The van der Waals surface area contributed by atoms with Gasteiger partial charge >= 0.3 is 11.9 Å². The molecule has 0 bridgehead atoms. The predicted octanol–water partition coefficient (Wildman–Crippen LogP) is 0.606. The van der Waals surface area contributed by atoms with Crippen LogP contribution in [0.25, 0.3) is 0 Å². The van der Waals surface area contributed by atoms with Crippen molar-refractivity contribution < 1.29 is 33.3 Å². The third kappa shape index (κ3) is 2.17. The first-order chi connectivity index (χ1) is 10.2. The number of ether oxygens (including phenoxy) is 5. The number of esters is 2. The van der Waals surface area contributed by atoms with Gasteiger partial charge in [-0.15, -0.1) is 0 Å². The number of rotatable bonds is 2. The first kappa shape index (κ1) is 12.7. The van der Waals surface area contributed by atoms with E-state index in [2.05, 4.69) is 0 Å². The lowest BCUT2D eigenvalue weighted by Gasteiger charge is -2.33. The van der Waals surface area contributed by atoms with Crippen molar-refractivity contribution in [2.24, 2.45) is 11.8 Å². The van der Waals surface area contributed by atoms with Gasteiger partial charge in [-0.2, -0.15) is 0 Å². The molecular weight excluding hydrogens is 280 g/mol. The Hall–Kier alpha value is -2.02. The number of hydrogen-bond acceptors (Lipinski definition) is 7. The fourth-order valence-corrected chi connectivity index (χ4v) is 3.07. The maximum absolute atomic E-state index is 11.4. The third-order valence-corrected chi connectivity index (χ3v) is 4.12. The highest BCUT2D eigenvalue weighted by Crippen LogP contribution is 2.37. The van der Waals surface area contributed by atoms with Gasteiger partial charge in [0.1, 0.15) is 0 Å². The number of hydrogen-bond donors (Lipinski definition) is 0. The Balaban J connectivity index is 1.50. The predicted molar refractivity (Wildman–Crippen MR) is 65.1 cm³/mol. The lowest BCUT2D eigenvalue weighted by molar-refractivity contribution is -0.174. The molecule has 0 amide bonds. The van der Waals surface area contributed by atoms with Crippen molar-refractivity contribution in [1.29, 1.82) is 0 Å². The van der Waals surface area contributed by atoms with E-state index in [0.717, 1.165) is 0 Å². The quantitative estimate of drug-likeness (QED) is 0.690. The Labute approximate surface area is 120 Å². The van der Waals surface area contributed by atoms with Gasteiger partial charge in [-0.1, -0.05) is 0 Å². The number of fused-ring (bicyclic) bond motifs is 2. The summed E-state index contributed by atoms with van der Waals surface area (Å²) in [5.41, 5.74) is 0. The highest BCUT2D eigenvalue weighted by atomic mass is 16.7. The zero-order valence-electron chi connectivity index (χ0n) is 11.0. The molecule has 112 valence electrons. The van der Waals surface area contributed by atoms with E-state index < -0.39 is 12.6 Å². The number of carbonyl (C=O) groups excluding carboxylic acids is 2. The van der Waals surface area contributed by atoms with Gasteiger partial charge < -0.3 is 23.7 Å². The summed E-state index contributed by atoms with van der Waals surface area (Å²) in [6, 6.07) is 0. The molecule has 0 spiro atoms. The van der Waals surface area contributed by atoms with Gasteiger partial charge in [-0.3, -0.25) is 9.59 Å². The molecule has 0 N–H and O–H groups in total. The molecule has 4 rings (SSSR count). The van der Waals surface area contributed by atoms with Crippen LogP contribution >= 0.6 is 0 Å². The Morgan fingerprint density at radius 1 is 0.857 bits per heavy atom. The van der Waals surface area contributed by atoms with E-state index in [1.54, 1.807) is 12.2 Å². The third-order valence-electron chi connectivity index (χ3n) is 4.12. The highest BCUT2D eigenvalue weighted by molar-refractivity contribution is 5.72. The molecule has 7 heteroatoms. The van der Waals surface area contributed by atoms with Crippen LogP contribution in [0.4, 0.5) is 0 Å². The van der Waals surface area contributed by atoms with E-state index in [-0.39, 0.29) is 48.8 Å². The van der Waals surface area contributed by atoms with Crippen LogP contribution in [0.2, 0.25) is 0 Å². The van der Waals surface area contributed by atoms with Gasteiger partial charge in [-0.05, 0) is 12.2 Å². The molecule has 2 saturated heterocycles. The summed E-state index contributed by atoms with van der Waals surface area (Å²) in [6.45, 7) is 0. The van der Waals surface area contributed by atoms with Crippen LogP contribution in [0.5, 0.6) is 0 Å². The molecule has 0 aromatic rings. The topological polar surface area (TPSA) is 80.3 Å². The van der Waals surface area contributed by atoms with Gasteiger partial charge in [0, 0.05) is 0 Å². The molecule has 4 aliphatic heterocycles. The zero-order chi connectivity index (χ0) is 14.4. The van der Waals surface area contributed by atoms with Crippen LogP contribution < -0.4 is 0 Å². The molecule has 2 fully saturated rings. The lowest BCUT2D eigenvalue weighted by atomic mass is 9.95. The zero-order valence-corrected chi connectivity index (χ0v) is 11.0. The first-order valence-corrected chi connectivity index (χ1v) is 6.89. The molecule has 6 atom stereocenters. The van der Waals surface area contributed by atoms with E-state index in [1.807, 2.05) is 0 Å². The van der Waals surface area contributed by atoms with Crippen molar-refractivity contribution in [2.45, 2.75) is 37.6 Å². The second kappa shape index (κ2) is 4.77. The van der Waals surface area contributed by atoms with E-state index in [1.165, 1.54) is 12.5 Å². The fraction of sp³-hybridized carbons (Fsp3) is 0.571. The van der Waals surface area contributed by atoms with Crippen molar-refractivity contribution in [1.82, 2.24) is 0 Å². The SMILES string of the molecule is O=C1CC2C(OC3C=COC4OC(=O)CC34)C=COC2O1. The summed E-state index contributed by atoms with van der Waals surface area (Å²) in [5.74, 6) is -0.922. The Morgan fingerprint density at radius 3 is 1.81 bits per heavy atom. The minimum Gasteiger partial charge on any atom is -0.462 e. The van der Waals surface area contributed by atoms with Crippen molar-refractivity contribution in [3.8, 4) is 0 Å². The van der Waals surface area contributed by atoms with Crippen molar-refractivity contribution in [2.75, 3.05) is 0 Å². The molecule has 4 heterocycles. The second-order valence-electron chi connectivity index (χ2n) is 5.45. The summed E-state index contributed by atoms with van der Waals surface area (Å²) in [6.07, 6.45) is 5.23. The van der Waals surface area contributed by atoms with E-state index in [4.69, 9.17) is 23.7 Å². The molecule has 0 radical (unpaired) electrons. The van der Waals surface area contributed by atoms with Crippen molar-refractivity contribution in [3.63, 3.8) is 0 Å². The maximum atomic E-state index is 11.4. The molecule has 0 saturated carbocycles. The van der Waals surface area contributed by atoms with Crippen LogP contribution in [0.1, 0.15) is 12.8 Å². The fourth-order valence-electron chi connectivity index (χ4n) is 3.07. The van der Waals surface area contributed by atoms with E-state index in [0.29, 0.717) is 0 Å². The molecular formula is C14H14O7. The van der Waals surface area contributed by atoms with Crippen molar-refractivity contribution >= 4 is 11.9 Å². The molecule has 21 heavy (non-hydrogen) atoms. The van der Waals surface area contributed by atoms with Gasteiger partial charge in [0.25, 0.3) is 0 Å². The Kier molecular flexibility index (Phi) is 2.88. The largest absolute Gasteiger partial charge is 0.462 e. The number of carbonyl (C=O) groups is 2. The molecule has 0 aliphatic carbocycles. The average Bonchev–Trinajstić information content (AvgIpc) is 3.01. The van der Waals surface area contributed by atoms with Crippen LogP contribution in [0.3, 0.4) is 0 Å². The molecule has 4 aliphatic rings. The normalized spacial score (nSPS) is 43.4. The second-order valence-corrected chi connectivity index (χ2v) is 5.45. The van der Waals surface area contributed by atoms with Crippen LogP contribution in [0.15, 0.2) is 24.7 Å². The summed E-state index contributed by atoms with van der Waals surface area (Å²) >= 11 is 0. The van der Waals surface area contributed by atoms with E-state index >= 15 is 0 Å². The van der Waals surface area contributed by atoms with E-state index in [9.17, 15) is 9.59 Å². The average molecular weight is 294 g/mol. The smallest absolute Gasteiger partial charge is 0.309 e. The lowest BCUT2D eigenvalue weighted by Crippen LogP contribution is -2.40. The maximum Gasteiger partial charge on any atom is 0.309 e. The van der Waals surface area contributed by atoms with Crippen molar-refractivity contribution in [3.05, 3.63) is 24.7 Å². The summed E-state index contributed by atoms with van der Waals surface area (Å²) in [5, 5.41) is 0. The monoisotopic (exact) mass is 294 g/mol. The molecule has 6 unspecified atom stereocenters. The molecule has 7 nitrogen and oxygen atoms in total. The standard InChI is InChI=1S/C14H14O7/c15-11-5-7-9(1-3-17-13(7)20-11)19-10-2-4-18-14-8(10)6-12(16)21-14/h1-4,7-10,13-14H,5-6H2. The molecule has 0 aromatic heterocycles. The van der Waals surface area contributed by atoms with Crippen LogP contribution in [0, 0.1) is 11.8 Å².